The first kappa shape index (κ1) is 9.29. The summed E-state index contributed by atoms with van der Waals surface area (Å²) < 4.78 is 5.02. The lowest BCUT2D eigenvalue weighted by Gasteiger charge is -2.16. The van der Waals surface area contributed by atoms with Gasteiger partial charge in [-0.05, 0) is 18.6 Å². The van der Waals surface area contributed by atoms with Gasteiger partial charge in [-0.3, -0.25) is 0 Å². The van der Waals surface area contributed by atoms with Crippen molar-refractivity contribution < 1.29 is 14.6 Å². The second-order valence-corrected chi connectivity index (χ2v) is 2.81. The van der Waals surface area contributed by atoms with Crippen LogP contribution >= 0.6 is 0 Å². The minimum atomic E-state index is -0.685. The van der Waals surface area contributed by atoms with Gasteiger partial charge in [0.2, 0.25) is 0 Å². The fourth-order valence-corrected chi connectivity index (χ4v) is 1.14. The Bertz CT molecular complexity index is 202. The van der Waals surface area contributed by atoms with E-state index in [-0.39, 0.29) is 12.5 Å². The van der Waals surface area contributed by atoms with Crippen molar-refractivity contribution in [3.63, 3.8) is 0 Å². The third-order valence-corrected chi connectivity index (χ3v) is 2.04. The summed E-state index contributed by atoms with van der Waals surface area (Å²) in [6.07, 6.45) is 1.57. The molecular formula is C9H14O3. The van der Waals surface area contributed by atoms with Crippen LogP contribution in [0.4, 0.5) is 0 Å². The first-order chi connectivity index (χ1) is 5.79. The molecule has 3 heteroatoms. The van der Waals surface area contributed by atoms with Crippen LogP contribution in [0.5, 0.6) is 0 Å². The zero-order valence-corrected chi connectivity index (χ0v) is 7.10. The summed E-state index contributed by atoms with van der Waals surface area (Å²) in [5.74, 6) is 0.395. The highest BCUT2D eigenvalue weighted by molar-refractivity contribution is 5.02. The molecule has 0 aromatic carbocycles. The molecule has 0 saturated heterocycles. The van der Waals surface area contributed by atoms with E-state index in [9.17, 15) is 5.11 Å². The number of rotatable bonds is 4. The molecule has 0 aliphatic carbocycles. The molecule has 0 amide bonds. The second-order valence-electron chi connectivity index (χ2n) is 2.81. The van der Waals surface area contributed by atoms with Gasteiger partial charge in [-0.15, -0.1) is 0 Å². The second kappa shape index (κ2) is 4.28. The van der Waals surface area contributed by atoms with Gasteiger partial charge in [-0.1, -0.05) is 6.92 Å². The van der Waals surface area contributed by atoms with Gasteiger partial charge in [0.05, 0.1) is 6.26 Å². The van der Waals surface area contributed by atoms with E-state index >= 15 is 0 Å². The van der Waals surface area contributed by atoms with E-state index in [1.54, 1.807) is 12.1 Å². The average Bonchev–Trinajstić information content (AvgIpc) is 2.58. The highest BCUT2D eigenvalue weighted by Gasteiger charge is 2.20. The Morgan fingerprint density at radius 3 is 2.75 bits per heavy atom. The summed E-state index contributed by atoms with van der Waals surface area (Å²) in [4.78, 5) is 0. The van der Waals surface area contributed by atoms with Gasteiger partial charge in [0, 0.05) is 12.5 Å². The van der Waals surface area contributed by atoms with E-state index < -0.39 is 6.10 Å². The van der Waals surface area contributed by atoms with Gasteiger partial charge in [0.1, 0.15) is 11.9 Å². The molecule has 68 valence electrons. The Balaban J connectivity index is 2.63. The van der Waals surface area contributed by atoms with Gasteiger partial charge in [0.15, 0.2) is 0 Å². The van der Waals surface area contributed by atoms with Crippen LogP contribution in [-0.2, 0) is 0 Å². The third kappa shape index (κ3) is 1.87. The predicted octanol–water partition coefficient (Wildman–Crippen LogP) is 1.33. The molecule has 0 saturated carbocycles. The Morgan fingerprint density at radius 1 is 1.58 bits per heavy atom. The Morgan fingerprint density at radius 2 is 2.33 bits per heavy atom. The number of aliphatic hydroxyl groups is 2. The summed E-state index contributed by atoms with van der Waals surface area (Å²) in [6, 6.07) is 3.44. The largest absolute Gasteiger partial charge is 0.467 e. The molecule has 0 aliphatic rings. The summed E-state index contributed by atoms with van der Waals surface area (Å²) in [6.45, 7) is 1.91. The van der Waals surface area contributed by atoms with Gasteiger partial charge < -0.3 is 14.6 Å². The van der Waals surface area contributed by atoms with E-state index in [4.69, 9.17) is 9.52 Å². The van der Waals surface area contributed by atoms with Crippen molar-refractivity contribution >= 4 is 0 Å². The van der Waals surface area contributed by atoms with Crippen LogP contribution in [0.25, 0.3) is 0 Å². The molecule has 2 unspecified atom stereocenters. The zero-order valence-electron chi connectivity index (χ0n) is 7.10. The molecule has 0 spiro atoms. The van der Waals surface area contributed by atoms with E-state index in [1.165, 1.54) is 6.26 Å². The molecule has 1 aromatic rings. The maximum Gasteiger partial charge on any atom is 0.132 e. The number of furan rings is 1. The molecule has 1 heterocycles. The van der Waals surface area contributed by atoms with Crippen LogP contribution in [0, 0.1) is 5.92 Å². The summed E-state index contributed by atoms with van der Waals surface area (Å²) in [5, 5.41) is 18.5. The van der Waals surface area contributed by atoms with Crippen molar-refractivity contribution in [3.05, 3.63) is 24.2 Å². The first-order valence-electron chi connectivity index (χ1n) is 4.12. The van der Waals surface area contributed by atoms with Crippen molar-refractivity contribution in [2.75, 3.05) is 6.61 Å². The lowest BCUT2D eigenvalue weighted by atomic mass is 9.99. The first-order valence-corrected chi connectivity index (χ1v) is 4.12. The predicted molar refractivity (Wildman–Crippen MR) is 44.5 cm³/mol. The molecule has 0 bridgehead atoms. The quantitative estimate of drug-likeness (QED) is 0.716. The lowest BCUT2D eigenvalue weighted by Crippen LogP contribution is -2.14. The van der Waals surface area contributed by atoms with Crippen molar-refractivity contribution in [2.24, 2.45) is 5.92 Å². The molecule has 2 atom stereocenters. The van der Waals surface area contributed by atoms with E-state index in [1.807, 2.05) is 6.92 Å². The lowest BCUT2D eigenvalue weighted by molar-refractivity contribution is 0.0485. The van der Waals surface area contributed by atoms with Crippen LogP contribution in [0.1, 0.15) is 25.2 Å². The normalized spacial score (nSPS) is 15.9. The molecule has 12 heavy (non-hydrogen) atoms. The SMILES string of the molecule is CCC(CO)C(O)c1ccco1. The minimum Gasteiger partial charge on any atom is -0.467 e. The van der Waals surface area contributed by atoms with Crippen LogP contribution < -0.4 is 0 Å². The Labute approximate surface area is 71.6 Å². The maximum atomic E-state index is 9.62. The minimum absolute atomic E-state index is 0.0155. The topological polar surface area (TPSA) is 53.6 Å². The number of hydrogen-bond acceptors (Lipinski definition) is 3. The highest BCUT2D eigenvalue weighted by atomic mass is 16.4. The van der Waals surface area contributed by atoms with Crippen LogP contribution in [-0.4, -0.2) is 16.8 Å². The molecule has 1 aromatic heterocycles. The third-order valence-electron chi connectivity index (χ3n) is 2.04. The van der Waals surface area contributed by atoms with Crippen molar-refractivity contribution in [1.82, 2.24) is 0 Å². The molecule has 2 N–H and O–H groups in total. The van der Waals surface area contributed by atoms with E-state index in [0.717, 1.165) is 6.42 Å². The van der Waals surface area contributed by atoms with Gasteiger partial charge >= 0.3 is 0 Å². The van der Waals surface area contributed by atoms with Crippen LogP contribution in [0.3, 0.4) is 0 Å². The molecular weight excluding hydrogens is 156 g/mol. The van der Waals surface area contributed by atoms with Gasteiger partial charge in [0.25, 0.3) is 0 Å². The number of hydrogen-bond donors (Lipinski definition) is 2. The van der Waals surface area contributed by atoms with Gasteiger partial charge in [-0.2, -0.15) is 0 Å². The van der Waals surface area contributed by atoms with Crippen LogP contribution in [0.2, 0.25) is 0 Å². The van der Waals surface area contributed by atoms with E-state index in [2.05, 4.69) is 0 Å². The molecule has 0 aliphatic heterocycles. The average molecular weight is 170 g/mol. The fourth-order valence-electron chi connectivity index (χ4n) is 1.14. The van der Waals surface area contributed by atoms with Crippen molar-refractivity contribution in [1.29, 1.82) is 0 Å². The molecule has 0 radical (unpaired) electrons. The number of aliphatic hydroxyl groups excluding tert-OH is 2. The van der Waals surface area contributed by atoms with Crippen molar-refractivity contribution in [2.45, 2.75) is 19.4 Å². The zero-order chi connectivity index (χ0) is 8.97. The molecule has 1 rings (SSSR count). The summed E-state index contributed by atoms with van der Waals surface area (Å²) in [5.41, 5.74) is 0. The smallest absolute Gasteiger partial charge is 0.132 e. The Hall–Kier alpha value is -0.800. The van der Waals surface area contributed by atoms with Crippen molar-refractivity contribution in [3.8, 4) is 0 Å². The molecule has 0 fully saturated rings. The maximum absolute atomic E-state index is 9.62. The van der Waals surface area contributed by atoms with E-state index in [0.29, 0.717) is 5.76 Å². The Kier molecular flexibility index (Phi) is 3.31. The summed E-state index contributed by atoms with van der Waals surface area (Å²) in [7, 11) is 0. The monoisotopic (exact) mass is 170 g/mol. The van der Waals surface area contributed by atoms with Gasteiger partial charge in [-0.25, -0.2) is 0 Å². The van der Waals surface area contributed by atoms with Crippen LogP contribution in [0.15, 0.2) is 22.8 Å². The summed E-state index contributed by atoms with van der Waals surface area (Å²) >= 11 is 0. The highest BCUT2D eigenvalue weighted by Crippen LogP contribution is 2.23. The molecule has 3 nitrogen and oxygen atoms in total. The fraction of sp³-hybridized carbons (Fsp3) is 0.556. The standard InChI is InChI=1S/C9H14O3/c1-2-7(6-10)9(11)8-4-3-5-12-8/h3-5,7,9-11H,2,6H2,1H3.